The molecule has 0 atom stereocenters. The molecule has 5 rings (SSSR count). The molecule has 0 spiro atoms. The number of hydrogen-bond donors (Lipinski definition) is 1. The summed E-state index contributed by atoms with van der Waals surface area (Å²) in [5.74, 6) is 1.18. The van der Waals surface area contributed by atoms with Crippen LogP contribution in [0.5, 0.6) is 17.2 Å². The molecule has 1 amide bonds. The first kappa shape index (κ1) is 25.9. The molecule has 4 aromatic carbocycles. The topological polar surface area (TPSA) is 83.7 Å². The molecule has 0 aliphatic heterocycles. The molecule has 0 radical (unpaired) electrons. The van der Waals surface area contributed by atoms with Crippen LogP contribution in [0.25, 0.3) is 16.7 Å². The molecule has 0 aliphatic carbocycles. The molecular formula is C30H26ClN3O5. The number of nitrogens with one attached hydrogen (secondary N) is 1. The molecular weight excluding hydrogens is 518 g/mol. The van der Waals surface area contributed by atoms with E-state index >= 15 is 0 Å². The summed E-state index contributed by atoms with van der Waals surface area (Å²) in [7, 11) is 1.52. The molecule has 1 N–H and O–H groups in total. The summed E-state index contributed by atoms with van der Waals surface area (Å²) in [6.07, 6.45) is 0. The number of fused-ring (bicyclic) bond motifs is 1. The van der Waals surface area contributed by atoms with Crippen molar-refractivity contribution in [2.75, 3.05) is 13.7 Å². The maximum atomic E-state index is 13.8. The molecule has 0 unspecified atom stereocenters. The molecule has 5 aromatic rings. The molecule has 1 aromatic heterocycles. The zero-order valence-electron chi connectivity index (χ0n) is 21.4. The molecule has 39 heavy (non-hydrogen) atoms. The highest BCUT2D eigenvalue weighted by molar-refractivity contribution is 6.32. The summed E-state index contributed by atoms with van der Waals surface area (Å²) in [5, 5.41) is 0.450. The second-order valence-electron chi connectivity index (χ2n) is 8.61. The van der Waals surface area contributed by atoms with Crippen molar-refractivity contribution in [1.82, 2.24) is 14.6 Å². The van der Waals surface area contributed by atoms with E-state index in [1.165, 1.54) is 7.11 Å². The summed E-state index contributed by atoms with van der Waals surface area (Å²) in [5.41, 5.74) is 5.15. The summed E-state index contributed by atoms with van der Waals surface area (Å²) < 4.78 is 14.5. The van der Waals surface area contributed by atoms with Crippen LogP contribution in [-0.4, -0.2) is 28.8 Å². The van der Waals surface area contributed by atoms with Crippen LogP contribution in [0.15, 0.2) is 95.8 Å². The maximum absolute atomic E-state index is 13.8. The number of carbonyl (C=O) groups is 1. The van der Waals surface area contributed by atoms with Gasteiger partial charge in [0.25, 0.3) is 5.91 Å². The fourth-order valence-electron chi connectivity index (χ4n) is 4.35. The fraction of sp³-hybridized carbons (Fsp3) is 0.133. The van der Waals surface area contributed by atoms with Gasteiger partial charge in [-0.25, -0.2) is 4.79 Å². The van der Waals surface area contributed by atoms with E-state index < -0.39 is 5.91 Å². The number of ether oxygens (including phenoxy) is 2. The highest BCUT2D eigenvalue weighted by Gasteiger charge is 2.19. The molecule has 0 fully saturated rings. The zero-order valence-corrected chi connectivity index (χ0v) is 22.1. The number of hydrogen-bond acceptors (Lipinski definition) is 5. The Labute approximate surface area is 229 Å². The Balaban J connectivity index is 1.51. The van der Waals surface area contributed by atoms with E-state index in [1.807, 2.05) is 55.5 Å². The monoisotopic (exact) mass is 543 g/mol. The largest absolute Gasteiger partial charge is 0.496 e. The lowest BCUT2D eigenvalue weighted by atomic mass is 10.1. The number of aromatic nitrogens is 2. The van der Waals surface area contributed by atoms with Crippen molar-refractivity contribution in [2.45, 2.75) is 13.5 Å². The van der Waals surface area contributed by atoms with Crippen molar-refractivity contribution in [1.29, 1.82) is 0 Å². The van der Waals surface area contributed by atoms with Gasteiger partial charge in [-0.15, -0.1) is 0 Å². The van der Waals surface area contributed by atoms with Gasteiger partial charge in [-0.2, -0.15) is 5.48 Å². The van der Waals surface area contributed by atoms with Crippen molar-refractivity contribution >= 4 is 28.5 Å². The second kappa shape index (κ2) is 11.4. The third-order valence-corrected chi connectivity index (χ3v) is 6.51. The van der Waals surface area contributed by atoms with Crippen molar-refractivity contribution in [3.63, 3.8) is 0 Å². The summed E-state index contributed by atoms with van der Waals surface area (Å²) >= 11 is 6.49. The van der Waals surface area contributed by atoms with Gasteiger partial charge in [-0.1, -0.05) is 48.0 Å². The minimum Gasteiger partial charge on any atom is -0.496 e. The number of carbonyl (C=O) groups excluding carboxylic acids is 1. The van der Waals surface area contributed by atoms with Gasteiger partial charge in [0.15, 0.2) is 5.75 Å². The standard InChI is InChI=1S/C30H26ClN3O5/c1-3-38-23-15-16-26-27(18-23)34(25-12-8-7-11-24(25)31)30(36)33(26)19-21-14-13-20(17-28(21)37-2)29(35)32-39-22-9-5-4-6-10-22/h4-18H,3,19H2,1-2H3,(H,32,35). The Kier molecular flexibility index (Phi) is 7.56. The van der Waals surface area contributed by atoms with Crippen LogP contribution in [-0.2, 0) is 6.54 Å². The predicted molar refractivity (Wildman–Crippen MR) is 150 cm³/mol. The summed E-state index contributed by atoms with van der Waals surface area (Å²) in [6, 6.07) is 26.7. The number of amides is 1. The normalized spacial score (nSPS) is 10.8. The molecule has 9 heteroatoms. The van der Waals surface area contributed by atoms with Crippen molar-refractivity contribution in [2.24, 2.45) is 0 Å². The van der Waals surface area contributed by atoms with E-state index in [2.05, 4.69) is 5.48 Å². The average molecular weight is 544 g/mol. The van der Waals surface area contributed by atoms with E-state index in [9.17, 15) is 9.59 Å². The maximum Gasteiger partial charge on any atom is 0.334 e. The van der Waals surface area contributed by atoms with Crippen molar-refractivity contribution in [3.05, 3.63) is 118 Å². The van der Waals surface area contributed by atoms with E-state index in [-0.39, 0.29) is 12.2 Å². The quantitative estimate of drug-likeness (QED) is 0.244. The number of halogens is 1. The zero-order chi connectivity index (χ0) is 27.4. The first-order chi connectivity index (χ1) is 19.0. The third-order valence-electron chi connectivity index (χ3n) is 6.19. The van der Waals surface area contributed by atoms with E-state index in [1.54, 1.807) is 51.6 Å². The van der Waals surface area contributed by atoms with E-state index in [0.29, 0.717) is 56.7 Å². The smallest absolute Gasteiger partial charge is 0.334 e. The van der Waals surface area contributed by atoms with Gasteiger partial charge >= 0.3 is 5.69 Å². The van der Waals surface area contributed by atoms with Gasteiger partial charge in [0.2, 0.25) is 0 Å². The number of imidazole rings is 1. The molecule has 0 aliphatic rings. The van der Waals surface area contributed by atoms with Crippen molar-refractivity contribution in [3.8, 4) is 22.9 Å². The van der Waals surface area contributed by atoms with Gasteiger partial charge in [-0.3, -0.25) is 13.9 Å². The highest BCUT2D eigenvalue weighted by Crippen LogP contribution is 2.28. The van der Waals surface area contributed by atoms with Gasteiger partial charge in [0.1, 0.15) is 11.5 Å². The van der Waals surface area contributed by atoms with E-state index in [0.717, 1.165) is 0 Å². The molecule has 8 nitrogen and oxygen atoms in total. The first-order valence-electron chi connectivity index (χ1n) is 12.3. The van der Waals surface area contributed by atoms with Gasteiger partial charge in [0.05, 0.1) is 42.0 Å². The third kappa shape index (κ3) is 5.32. The van der Waals surface area contributed by atoms with E-state index in [4.69, 9.17) is 25.9 Å². The Morgan fingerprint density at radius 3 is 2.41 bits per heavy atom. The Morgan fingerprint density at radius 1 is 0.897 bits per heavy atom. The molecule has 0 saturated carbocycles. The Hall–Kier alpha value is -4.69. The molecule has 0 saturated heterocycles. The first-order valence-corrected chi connectivity index (χ1v) is 12.7. The number of para-hydroxylation sites is 2. The van der Waals surface area contributed by atoms with Crippen molar-refractivity contribution < 1.29 is 19.1 Å². The van der Waals surface area contributed by atoms with Gasteiger partial charge in [0, 0.05) is 17.2 Å². The van der Waals surface area contributed by atoms with Gasteiger partial charge < -0.3 is 14.3 Å². The minimum absolute atomic E-state index is 0.201. The molecule has 198 valence electrons. The number of methoxy groups -OCH3 is 1. The minimum atomic E-state index is -0.431. The lowest BCUT2D eigenvalue weighted by molar-refractivity contribution is 0.0759. The number of benzene rings is 4. The molecule has 1 heterocycles. The molecule has 0 bridgehead atoms. The SMILES string of the molecule is CCOc1ccc2c(c1)n(-c1ccccc1Cl)c(=O)n2Cc1ccc(C(=O)NOc2ccccc2)cc1OC. The lowest BCUT2D eigenvalue weighted by Gasteiger charge is -2.12. The summed E-state index contributed by atoms with van der Waals surface area (Å²) in [4.78, 5) is 31.9. The lowest BCUT2D eigenvalue weighted by Crippen LogP contribution is -2.27. The number of hydroxylamine groups is 1. The van der Waals surface area contributed by atoms with Crippen LogP contribution in [0.3, 0.4) is 0 Å². The second-order valence-corrected chi connectivity index (χ2v) is 9.02. The number of nitrogens with zero attached hydrogens (tertiary/aromatic N) is 2. The average Bonchev–Trinajstić information content (AvgIpc) is 3.23. The van der Waals surface area contributed by atoms with Crippen LogP contribution in [0.1, 0.15) is 22.8 Å². The van der Waals surface area contributed by atoms with Crippen LogP contribution in [0.2, 0.25) is 5.02 Å². The predicted octanol–water partition coefficient (Wildman–Crippen LogP) is 5.63. The Morgan fingerprint density at radius 2 is 1.67 bits per heavy atom. The van der Waals surface area contributed by atoms with Crippen LogP contribution in [0, 0.1) is 0 Å². The number of rotatable bonds is 9. The fourth-order valence-corrected chi connectivity index (χ4v) is 4.57. The Bertz CT molecular complexity index is 1690. The van der Waals surface area contributed by atoms with Gasteiger partial charge in [-0.05, 0) is 55.5 Å². The summed E-state index contributed by atoms with van der Waals surface area (Å²) in [6.45, 7) is 2.60. The van der Waals surface area contributed by atoms with Crippen LogP contribution >= 0.6 is 11.6 Å². The highest BCUT2D eigenvalue weighted by atomic mass is 35.5. The van der Waals surface area contributed by atoms with Crippen LogP contribution in [0.4, 0.5) is 0 Å². The van der Waals surface area contributed by atoms with Crippen LogP contribution < -0.4 is 25.5 Å².